The van der Waals surface area contributed by atoms with Gasteiger partial charge in [0.2, 0.25) is 0 Å². The van der Waals surface area contributed by atoms with E-state index in [1.807, 2.05) is 6.07 Å². The van der Waals surface area contributed by atoms with Gasteiger partial charge in [-0.15, -0.1) is 0 Å². The number of nitrogens with zero attached hydrogens (tertiary/aromatic N) is 2. The molecule has 0 radical (unpaired) electrons. The highest BCUT2D eigenvalue weighted by atomic mass is 35.5. The second kappa shape index (κ2) is 7.57. The average molecular weight is 344 g/mol. The van der Waals surface area contributed by atoms with Crippen LogP contribution in [0.25, 0.3) is 0 Å². The van der Waals surface area contributed by atoms with Crippen molar-refractivity contribution in [3.8, 4) is 6.07 Å². The van der Waals surface area contributed by atoms with Crippen LogP contribution in [0.15, 0.2) is 30.3 Å². The average Bonchev–Trinajstić information content (AvgIpc) is 2.52. The molecule has 0 aliphatic carbocycles. The molecule has 0 atom stereocenters. The molecule has 7 heteroatoms. The van der Waals surface area contributed by atoms with E-state index in [-0.39, 0.29) is 10.7 Å². The molecule has 1 N–H and O–H groups in total. The Hall–Kier alpha value is -2.91. The van der Waals surface area contributed by atoms with Gasteiger partial charge in [0.15, 0.2) is 6.61 Å². The normalized spacial score (nSPS) is 9.92. The minimum Gasteiger partial charge on any atom is -0.452 e. The molecule has 0 saturated carbocycles. The summed E-state index contributed by atoms with van der Waals surface area (Å²) >= 11 is 5.96. The van der Waals surface area contributed by atoms with Crippen molar-refractivity contribution in [1.29, 1.82) is 5.26 Å². The highest BCUT2D eigenvalue weighted by Crippen LogP contribution is 2.19. The number of carbonyl (C=O) groups is 2. The van der Waals surface area contributed by atoms with Crippen LogP contribution in [0.2, 0.25) is 5.15 Å². The van der Waals surface area contributed by atoms with E-state index in [0.717, 1.165) is 0 Å². The first-order chi connectivity index (χ1) is 11.4. The fourth-order valence-corrected chi connectivity index (χ4v) is 2.42. The second-order valence-corrected chi connectivity index (χ2v) is 5.42. The molecule has 0 saturated heterocycles. The van der Waals surface area contributed by atoms with Crippen LogP contribution >= 0.6 is 11.6 Å². The number of aromatic nitrogens is 1. The van der Waals surface area contributed by atoms with Crippen LogP contribution in [-0.2, 0) is 9.53 Å². The number of nitriles is 1. The molecular weight excluding hydrogens is 330 g/mol. The Bertz CT molecular complexity index is 803. The van der Waals surface area contributed by atoms with Crippen LogP contribution in [0.5, 0.6) is 0 Å². The molecule has 1 aromatic carbocycles. The summed E-state index contributed by atoms with van der Waals surface area (Å²) in [5.74, 6) is -1.21. The van der Waals surface area contributed by atoms with Crippen molar-refractivity contribution in [1.82, 2.24) is 4.98 Å². The van der Waals surface area contributed by atoms with E-state index in [4.69, 9.17) is 21.6 Å². The Kier molecular flexibility index (Phi) is 5.51. The number of hydrogen-bond acceptors (Lipinski definition) is 5. The van der Waals surface area contributed by atoms with E-state index < -0.39 is 18.5 Å². The zero-order valence-corrected chi connectivity index (χ0v) is 13.8. The summed E-state index contributed by atoms with van der Waals surface area (Å²) in [6.07, 6.45) is 0. The first-order valence-corrected chi connectivity index (χ1v) is 7.39. The maximum absolute atomic E-state index is 12.1. The number of pyridine rings is 1. The van der Waals surface area contributed by atoms with Crippen molar-refractivity contribution in [3.63, 3.8) is 0 Å². The van der Waals surface area contributed by atoms with Crippen molar-refractivity contribution >= 4 is 29.2 Å². The van der Waals surface area contributed by atoms with Crippen molar-refractivity contribution < 1.29 is 14.3 Å². The fourth-order valence-electron chi connectivity index (χ4n) is 2.06. The van der Waals surface area contributed by atoms with Crippen molar-refractivity contribution in [2.75, 3.05) is 11.9 Å². The van der Waals surface area contributed by atoms with E-state index in [1.54, 1.807) is 44.2 Å². The number of esters is 1. The van der Waals surface area contributed by atoms with Crippen LogP contribution in [0.3, 0.4) is 0 Å². The molecule has 0 spiro atoms. The number of aryl methyl sites for hydroxylation is 2. The van der Waals surface area contributed by atoms with Gasteiger partial charge in [-0.1, -0.05) is 11.6 Å². The third-order valence-corrected chi connectivity index (χ3v) is 3.41. The van der Waals surface area contributed by atoms with Gasteiger partial charge in [-0.3, -0.25) is 4.79 Å². The van der Waals surface area contributed by atoms with Gasteiger partial charge in [0.1, 0.15) is 5.15 Å². The summed E-state index contributed by atoms with van der Waals surface area (Å²) in [6.45, 7) is 3.02. The van der Waals surface area contributed by atoms with Crippen molar-refractivity contribution in [2.24, 2.45) is 0 Å². The molecule has 2 rings (SSSR count). The maximum Gasteiger partial charge on any atom is 0.342 e. The zero-order valence-electron chi connectivity index (χ0n) is 13.1. The lowest BCUT2D eigenvalue weighted by Crippen LogP contribution is -2.21. The topological polar surface area (TPSA) is 92.1 Å². The van der Waals surface area contributed by atoms with Gasteiger partial charge in [-0.25, -0.2) is 9.78 Å². The third kappa shape index (κ3) is 4.31. The Labute approximate surface area is 144 Å². The highest BCUT2D eigenvalue weighted by Gasteiger charge is 2.18. The molecule has 0 aliphatic heterocycles. The third-order valence-electron chi connectivity index (χ3n) is 3.14. The molecule has 0 bridgehead atoms. The molecule has 0 aliphatic rings. The SMILES string of the molecule is Cc1cc(C)c(C(=O)OCC(=O)Nc2ccc(C#N)cc2)c(Cl)n1. The minimum absolute atomic E-state index is 0.0463. The number of benzene rings is 1. The second-order valence-electron chi connectivity index (χ2n) is 5.06. The highest BCUT2D eigenvalue weighted by molar-refractivity contribution is 6.32. The quantitative estimate of drug-likeness (QED) is 0.680. The standard InChI is InChI=1S/C17H14ClN3O3/c1-10-7-11(2)20-16(18)15(10)17(23)24-9-14(22)21-13-5-3-12(8-19)4-6-13/h3-7H,9H2,1-2H3,(H,21,22). The van der Waals surface area contributed by atoms with E-state index in [1.165, 1.54) is 0 Å². The van der Waals surface area contributed by atoms with Gasteiger partial charge in [0.25, 0.3) is 5.91 Å². The molecule has 1 heterocycles. The molecule has 122 valence electrons. The van der Waals surface area contributed by atoms with E-state index in [9.17, 15) is 9.59 Å². The zero-order chi connectivity index (χ0) is 17.7. The van der Waals surface area contributed by atoms with Gasteiger partial charge in [-0.05, 0) is 49.7 Å². The lowest BCUT2D eigenvalue weighted by atomic mass is 10.1. The summed E-state index contributed by atoms with van der Waals surface area (Å²) in [7, 11) is 0. The summed E-state index contributed by atoms with van der Waals surface area (Å²) in [4.78, 5) is 27.9. The number of amides is 1. The Morgan fingerprint density at radius 2 is 1.96 bits per heavy atom. The Morgan fingerprint density at radius 1 is 1.29 bits per heavy atom. The number of carbonyl (C=O) groups excluding carboxylic acids is 2. The van der Waals surface area contributed by atoms with E-state index in [0.29, 0.717) is 22.5 Å². The Balaban J connectivity index is 1.96. The van der Waals surface area contributed by atoms with Gasteiger partial charge in [0, 0.05) is 11.4 Å². The summed E-state index contributed by atoms with van der Waals surface area (Å²) in [6, 6.07) is 10.0. The fraction of sp³-hybridized carbons (Fsp3) is 0.176. The first-order valence-electron chi connectivity index (χ1n) is 7.01. The number of nitrogens with one attached hydrogen (secondary N) is 1. The smallest absolute Gasteiger partial charge is 0.342 e. The lowest BCUT2D eigenvalue weighted by molar-refractivity contribution is -0.119. The van der Waals surface area contributed by atoms with Crippen LogP contribution in [-0.4, -0.2) is 23.5 Å². The molecule has 1 amide bonds. The number of ether oxygens (including phenoxy) is 1. The predicted molar refractivity (Wildman–Crippen MR) is 88.8 cm³/mol. The molecule has 6 nitrogen and oxygen atoms in total. The van der Waals surface area contributed by atoms with Gasteiger partial charge in [0.05, 0.1) is 17.2 Å². The summed E-state index contributed by atoms with van der Waals surface area (Å²) < 4.78 is 4.98. The molecule has 0 unspecified atom stereocenters. The molecule has 1 aromatic heterocycles. The number of anilines is 1. The summed E-state index contributed by atoms with van der Waals surface area (Å²) in [5.41, 5.74) is 2.45. The van der Waals surface area contributed by atoms with E-state index in [2.05, 4.69) is 10.3 Å². The Morgan fingerprint density at radius 3 is 2.54 bits per heavy atom. The van der Waals surface area contributed by atoms with Gasteiger partial charge >= 0.3 is 5.97 Å². The molecule has 24 heavy (non-hydrogen) atoms. The van der Waals surface area contributed by atoms with Crippen LogP contribution in [0.1, 0.15) is 27.2 Å². The van der Waals surface area contributed by atoms with Crippen LogP contribution in [0, 0.1) is 25.2 Å². The molecule has 2 aromatic rings. The van der Waals surface area contributed by atoms with Crippen molar-refractivity contribution in [2.45, 2.75) is 13.8 Å². The lowest BCUT2D eigenvalue weighted by Gasteiger charge is -2.09. The first kappa shape index (κ1) is 17.4. The van der Waals surface area contributed by atoms with Gasteiger partial charge < -0.3 is 10.1 Å². The van der Waals surface area contributed by atoms with E-state index >= 15 is 0 Å². The number of halogens is 1. The molecule has 0 fully saturated rings. The van der Waals surface area contributed by atoms with Crippen molar-refractivity contribution in [3.05, 3.63) is 57.9 Å². The van der Waals surface area contributed by atoms with Gasteiger partial charge in [-0.2, -0.15) is 5.26 Å². The monoisotopic (exact) mass is 343 g/mol. The largest absolute Gasteiger partial charge is 0.452 e. The van der Waals surface area contributed by atoms with Crippen LogP contribution < -0.4 is 5.32 Å². The maximum atomic E-state index is 12.1. The minimum atomic E-state index is -0.708. The molecular formula is C17H14ClN3O3. The summed E-state index contributed by atoms with van der Waals surface area (Å²) in [5, 5.41) is 11.3. The predicted octanol–water partition coefficient (Wildman–Crippen LogP) is 3.02. The number of rotatable bonds is 4. The number of hydrogen-bond donors (Lipinski definition) is 1. The van der Waals surface area contributed by atoms with Crippen LogP contribution in [0.4, 0.5) is 5.69 Å².